The van der Waals surface area contributed by atoms with Crippen molar-refractivity contribution in [1.29, 1.82) is 0 Å². The fourth-order valence-electron chi connectivity index (χ4n) is 1.39. The molecule has 0 aliphatic heterocycles. The molecule has 0 spiro atoms. The summed E-state index contributed by atoms with van der Waals surface area (Å²) in [6.45, 7) is 0. The smallest absolute Gasteiger partial charge is 0.130 e. The molecule has 2 rings (SSSR count). The predicted molar refractivity (Wildman–Crippen MR) is 48.4 cm³/mol. The van der Waals surface area contributed by atoms with E-state index in [0.29, 0.717) is 0 Å². The minimum Gasteiger partial charge on any atom is -0.302 e. The molecule has 1 aliphatic rings. The van der Waals surface area contributed by atoms with E-state index in [0.717, 1.165) is 29.7 Å². The zero-order valence-corrected chi connectivity index (χ0v) is 7.34. The normalized spacial score (nSPS) is 18.8. The highest BCUT2D eigenvalue weighted by atomic mass is 35.5. The first-order chi connectivity index (χ1) is 5.77. The molecule has 0 saturated heterocycles. The Morgan fingerprint density at radius 1 is 1.25 bits per heavy atom. The second kappa shape index (κ2) is 2.60. The molecule has 12 heavy (non-hydrogen) atoms. The molecule has 1 aliphatic carbocycles. The maximum atomic E-state index is 10.7. The van der Waals surface area contributed by atoms with E-state index in [1.165, 1.54) is 0 Å². The van der Waals surface area contributed by atoms with Crippen molar-refractivity contribution in [2.75, 3.05) is 0 Å². The lowest BCUT2D eigenvalue weighted by Crippen LogP contribution is -2.06. The van der Waals surface area contributed by atoms with Crippen molar-refractivity contribution in [1.82, 2.24) is 0 Å². The second-order valence-electron chi connectivity index (χ2n) is 3.28. The molecule has 0 atom stereocenters. The Labute approximate surface area is 76.4 Å². The first-order valence-electron chi connectivity index (χ1n) is 3.99. The fourth-order valence-corrected chi connectivity index (χ4v) is 1.52. The minimum absolute atomic E-state index is 0.162. The molecule has 2 heteroatoms. The van der Waals surface area contributed by atoms with Gasteiger partial charge in [-0.05, 0) is 30.5 Å². The zero-order chi connectivity index (χ0) is 8.60. The molecular formula is C10H9ClO. The largest absolute Gasteiger partial charge is 0.302 e. The first kappa shape index (κ1) is 7.81. The Balaban J connectivity index is 2.35. The number of benzene rings is 1. The van der Waals surface area contributed by atoms with Crippen LogP contribution in [0.15, 0.2) is 24.3 Å². The third kappa shape index (κ3) is 1.14. The van der Waals surface area contributed by atoms with Gasteiger partial charge in [-0.3, -0.25) is 0 Å². The van der Waals surface area contributed by atoms with Gasteiger partial charge in [0.1, 0.15) is 6.29 Å². The lowest BCUT2D eigenvalue weighted by Gasteiger charge is -2.05. The van der Waals surface area contributed by atoms with Crippen LogP contribution in [-0.2, 0) is 10.2 Å². The number of hydrogen-bond donors (Lipinski definition) is 0. The van der Waals surface area contributed by atoms with E-state index in [1.54, 1.807) is 0 Å². The van der Waals surface area contributed by atoms with Crippen molar-refractivity contribution in [3.05, 3.63) is 34.9 Å². The molecule has 0 aromatic heterocycles. The Morgan fingerprint density at radius 2 is 1.83 bits per heavy atom. The Hall–Kier alpha value is -0.820. The molecule has 1 aromatic rings. The number of hydrogen-bond acceptors (Lipinski definition) is 1. The van der Waals surface area contributed by atoms with Gasteiger partial charge in [-0.1, -0.05) is 23.7 Å². The van der Waals surface area contributed by atoms with Crippen LogP contribution in [0.5, 0.6) is 0 Å². The highest BCUT2D eigenvalue weighted by Gasteiger charge is 2.43. The van der Waals surface area contributed by atoms with Gasteiger partial charge in [-0.25, -0.2) is 0 Å². The van der Waals surface area contributed by atoms with E-state index in [-0.39, 0.29) is 5.41 Å². The molecule has 1 nitrogen and oxygen atoms in total. The quantitative estimate of drug-likeness (QED) is 0.640. The van der Waals surface area contributed by atoms with Crippen molar-refractivity contribution in [3.63, 3.8) is 0 Å². The molecule has 0 unspecified atom stereocenters. The van der Waals surface area contributed by atoms with Crippen molar-refractivity contribution in [2.45, 2.75) is 18.3 Å². The fraction of sp³-hybridized carbons (Fsp3) is 0.300. The number of aldehydes is 1. The second-order valence-corrected chi connectivity index (χ2v) is 3.72. The van der Waals surface area contributed by atoms with Gasteiger partial charge in [0.2, 0.25) is 0 Å². The molecule has 62 valence electrons. The molecule has 1 fully saturated rings. The first-order valence-corrected chi connectivity index (χ1v) is 4.37. The Bertz CT molecular complexity index is 298. The van der Waals surface area contributed by atoms with Crippen molar-refractivity contribution < 1.29 is 4.79 Å². The summed E-state index contributed by atoms with van der Waals surface area (Å²) in [5.74, 6) is 0. The van der Waals surface area contributed by atoms with Crippen LogP contribution >= 0.6 is 11.6 Å². The summed E-state index contributed by atoms with van der Waals surface area (Å²) in [6.07, 6.45) is 3.02. The molecule has 0 bridgehead atoms. The maximum Gasteiger partial charge on any atom is 0.130 e. The van der Waals surface area contributed by atoms with Gasteiger partial charge < -0.3 is 4.79 Å². The van der Waals surface area contributed by atoms with Crippen LogP contribution in [0.25, 0.3) is 0 Å². The number of carbonyl (C=O) groups is 1. The zero-order valence-electron chi connectivity index (χ0n) is 6.59. The van der Waals surface area contributed by atoms with Gasteiger partial charge in [0.15, 0.2) is 0 Å². The Morgan fingerprint density at radius 3 is 2.25 bits per heavy atom. The summed E-state index contributed by atoms with van der Waals surface area (Å²) < 4.78 is 0. The van der Waals surface area contributed by atoms with E-state index < -0.39 is 0 Å². The van der Waals surface area contributed by atoms with Crippen molar-refractivity contribution in [3.8, 4) is 0 Å². The van der Waals surface area contributed by atoms with Gasteiger partial charge in [0.05, 0.1) is 5.41 Å². The van der Waals surface area contributed by atoms with Crippen LogP contribution in [0, 0.1) is 0 Å². The number of rotatable bonds is 2. The van der Waals surface area contributed by atoms with Crippen molar-refractivity contribution >= 4 is 17.9 Å². The van der Waals surface area contributed by atoms with E-state index in [2.05, 4.69) is 0 Å². The van der Waals surface area contributed by atoms with E-state index in [1.807, 2.05) is 24.3 Å². The molecule has 0 radical (unpaired) electrons. The average Bonchev–Trinajstić information content (AvgIpc) is 2.86. The lowest BCUT2D eigenvalue weighted by atomic mass is 9.98. The van der Waals surface area contributed by atoms with Crippen LogP contribution < -0.4 is 0 Å². The molecule has 0 heterocycles. The highest BCUT2D eigenvalue weighted by molar-refractivity contribution is 6.30. The molecule has 1 saturated carbocycles. The van der Waals surface area contributed by atoms with E-state index in [4.69, 9.17) is 11.6 Å². The standard InChI is InChI=1S/C10H9ClO/c11-9-3-1-8(2-4-9)10(7-12)5-6-10/h1-4,7H,5-6H2. The third-order valence-electron chi connectivity index (χ3n) is 2.43. The maximum absolute atomic E-state index is 10.7. The lowest BCUT2D eigenvalue weighted by molar-refractivity contribution is -0.109. The van der Waals surface area contributed by atoms with Gasteiger partial charge in [-0.15, -0.1) is 0 Å². The number of halogens is 1. The molecular weight excluding hydrogens is 172 g/mol. The van der Waals surface area contributed by atoms with Gasteiger partial charge in [-0.2, -0.15) is 0 Å². The summed E-state index contributed by atoms with van der Waals surface area (Å²) in [5, 5.41) is 0.723. The minimum atomic E-state index is -0.162. The van der Waals surface area contributed by atoms with Crippen LogP contribution in [0.2, 0.25) is 5.02 Å². The SMILES string of the molecule is O=CC1(c2ccc(Cl)cc2)CC1. The summed E-state index contributed by atoms with van der Waals surface area (Å²) in [5.41, 5.74) is 0.937. The average molecular weight is 181 g/mol. The third-order valence-corrected chi connectivity index (χ3v) is 2.69. The van der Waals surface area contributed by atoms with E-state index in [9.17, 15) is 4.79 Å². The summed E-state index contributed by atoms with van der Waals surface area (Å²) >= 11 is 5.74. The van der Waals surface area contributed by atoms with Gasteiger partial charge in [0.25, 0.3) is 0 Å². The van der Waals surface area contributed by atoms with Crippen LogP contribution in [-0.4, -0.2) is 6.29 Å². The topological polar surface area (TPSA) is 17.1 Å². The summed E-state index contributed by atoms with van der Waals surface area (Å²) in [4.78, 5) is 10.7. The summed E-state index contributed by atoms with van der Waals surface area (Å²) in [7, 11) is 0. The van der Waals surface area contributed by atoms with Crippen LogP contribution in [0.4, 0.5) is 0 Å². The van der Waals surface area contributed by atoms with Crippen LogP contribution in [0.3, 0.4) is 0 Å². The molecule has 0 N–H and O–H groups in total. The Kier molecular flexibility index (Phi) is 1.69. The molecule has 0 amide bonds. The summed E-state index contributed by atoms with van der Waals surface area (Å²) in [6, 6.07) is 7.54. The van der Waals surface area contributed by atoms with Gasteiger partial charge in [0, 0.05) is 5.02 Å². The number of carbonyl (C=O) groups excluding carboxylic acids is 1. The van der Waals surface area contributed by atoms with E-state index >= 15 is 0 Å². The monoisotopic (exact) mass is 180 g/mol. The highest BCUT2D eigenvalue weighted by Crippen LogP contribution is 2.46. The predicted octanol–water partition coefficient (Wildman–Crippen LogP) is 2.57. The van der Waals surface area contributed by atoms with Gasteiger partial charge >= 0.3 is 0 Å². The molecule has 1 aromatic carbocycles. The van der Waals surface area contributed by atoms with Crippen molar-refractivity contribution in [2.24, 2.45) is 0 Å². The van der Waals surface area contributed by atoms with Crippen LogP contribution in [0.1, 0.15) is 18.4 Å².